The minimum absolute atomic E-state index is 0.0205. The van der Waals surface area contributed by atoms with Crippen molar-refractivity contribution < 1.29 is 14.8 Å². The third kappa shape index (κ3) is 3.17. The van der Waals surface area contributed by atoms with Crippen molar-refractivity contribution in [1.82, 2.24) is 0 Å². The second-order valence-electron chi connectivity index (χ2n) is 4.04. The van der Waals surface area contributed by atoms with E-state index in [1.165, 1.54) is 23.5 Å². The largest absolute Gasteiger partial charge is 0.481 e. The molecule has 0 amide bonds. The van der Waals surface area contributed by atoms with Gasteiger partial charge in [-0.15, -0.1) is 11.3 Å². The van der Waals surface area contributed by atoms with Gasteiger partial charge in [0, 0.05) is 17.0 Å². The van der Waals surface area contributed by atoms with Crippen LogP contribution in [-0.2, 0) is 11.2 Å². The molecular weight excluding hydrogens is 266 g/mol. The summed E-state index contributed by atoms with van der Waals surface area (Å²) >= 11 is 1.37. The highest BCUT2D eigenvalue weighted by Crippen LogP contribution is 2.26. The summed E-state index contributed by atoms with van der Waals surface area (Å²) in [5.74, 6) is -1.59. The summed E-state index contributed by atoms with van der Waals surface area (Å²) in [4.78, 5) is 22.3. The number of non-ortho nitro benzene ring substituents is 1. The van der Waals surface area contributed by atoms with Gasteiger partial charge < -0.3 is 5.11 Å². The van der Waals surface area contributed by atoms with E-state index in [0.717, 1.165) is 4.88 Å². The van der Waals surface area contributed by atoms with Gasteiger partial charge in [-0.1, -0.05) is 18.2 Å². The number of thiophene rings is 1. The zero-order chi connectivity index (χ0) is 13.8. The molecule has 0 aliphatic rings. The average Bonchev–Trinajstić information content (AvgIpc) is 2.89. The van der Waals surface area contributed by atoms with Gasteiger partial charge >= 0.3 is 5.97 Å². The van der Waals surface area contributed by atoms with E-state index in [0.29, 0.717) is 5.56 Å². The lowest BCUT2D eigenvalue weighted by Crippen LogP contribution is -2.13. The third-order valence-electron chi connectivity index (χ3n) is 2.75. The number of hydrogen-bond acceptors (Lipinski definition) is 4. The molecule has 1 heterocycles. The molecular formula is C13H11NO4S. The van der Waals surface area contributed by atoms with Crippen LogP contribution in [0.15, 0.2) is 41.8 Å². The zero-order valence-corrected chi connectivity index (χ0v) is 10.7. The predicted molar refractivity (Wildman–Crippen MR) is 71.5 cm³/mol. The monoisotopic (exact) mass is 277 g/mol. The van der Waals surface area contributed by atoms with Crippen LogP contribution in [0.2, 0.25) is 0 Å². The van der Waals surface area contributed by atoms with Crippen molar-refractivity contribution in [1.29, 1.82) is 0 Å². The molecule has 5 nitrogen and oxygen atoms in total. The Labute approximate surface area is 113 Å². The van der Waals surface area contributed by atoms with Crippen molar-refractivity contribution in [3.63, 3.8) is 0 Å². The first-order valence-electron chi connectivity index (χ1n) is 5.57. The molecule has 0 fully saturated rings. The standard InChI is InChI=1S/C13H11NO4S/c15-13(16)11(12-5-2-6-19-12)8-9-3-1-4-10(7-9)14(17)18/h1-7,11H,8H2,(H,15,16). The summed E-state index contributed by atoms with van der Waals surface area (Å²) in [6, 6.07) is 9.65. The minimum Gasteiger partial charge on any atom is -0.481 e. The first kappa shape index (κ1) is 13.2. The van der Waals surface area contributed by atoms with E-state index in [2.05, 4.69) is 0 Å². The van der Waals surface area contributed by atoms with E-state index in [9.17, 15) is 20.0 Å². The molecule has 0 saturated carbocycles. The quantitative estimate of drug-likeness (QED) is 0.672. The Morgan fingerprint density at radius 2 is 2.16 bits per heavy atom. The van der Waals surface area contributed by atoms with Crippen molar-refractivity contribution in [2.75, 3.05) is 0 Å². The molecule has 1 aromatic heterocycles. The molecule has 1 N–H and O–H groups in total. The molecule has 1 aromatic carbocycles. The minimum atomic E-state index is -0.922. The van der Waals surface area contributed by atoms with Crippen molar-refractivity contribution in [2.24, 2.45) is 0 Å². The third-order valence-corrected chi connectivity index (χ3v) is 3.73. The highest BCUT2D eigenvalue weighted by Gasteiger charge is 2.22. The second-order valence-corrected chi connectivity index (χ2v) is 5.02. The number of rotatable bonds is 5. The molecule has 2 rings (SSSR count). The lowest BCUT2D eigenvalue weighted by atomic mass is 9.97. The van der Waals surface area contributed by atoms with Crippen LogP contribution < -0.4 is 0 Å². The van der Waals surface area contributed by atoms with Crippen molar-refractivity contribution in [3.05, 3.63) is 62.3 Å². The van der Waals surface area contributed by atoms with Crippen LogP contribution in [-0.4, -0.2) is 16.0 Å². The Morgan fingerprint density at radius 1 is 1.37 bits per heavy atom. The zero-order valence-electron chi connectivity index (χ0n) is 9.85. The molecule has 0 radical (unpaired) electrons. The van der Waals surface area contributed by atoms with Gasteiger partial charge in [-0.05, 0) is 23.4 Å². The predicted octanol–water partition coefficient (Wildman–Crippen LogP) is 3.07. The molecule has 1 atom stereocenters. The number of aliphatic carboxylic acids is 1. The number of carbonyl (C=O) groups is 1. The van der Waals surface area contributed by atoms with Crippen LogP contribution in [0.1, 0.15) is 16.4 Å². The van der Waals surface area contributed by atoms with Crippen LogP contribution in [0.4, 0.5) is 5.69 Å². The highest BCUT2D eigenvalue weighted by molar-refractivity contribution is 7.10. The summed E-state index contributed by atoms with van der Waals surface area (Å²) < 4.78 is 0. The Balaban J connectivity index is 2.25. The van der Waals surface area contributed by atoms with Crippen LogP contribution in [0, 0.1) is 10.1 Å². The Morgan fingerprint density at radius 3 is 2.74 bits per heavy atom. The van der Waals surface area contributed by atoms with Crippen LogP contribution >= 0.6 is 11.3 Å². The van der Waals surface area contributed by atoms with E-state index in [1.54, 1.807) is 24.3 Å². The molecule has 0 aliphatic heterocycles. The van der Waals surface area contributed by atoms with E-state index in [1.807, 2.05) is 5.38 Å². The maximum absolute atomic E-state index is 11.3. The Hall–Kier alpha value is -2.21. The van der Waals surface area contributed by atoms with Gasteiger partial charge in [0.25, 0.3) is 5.69 Å². The fourth-order valence-corrected chi connectivity index (χ4v) is 2.65. The number of hydrogen-bond donors (Lipinski definition) is 1. The van der Waals surface area contributed by atoms with Gasteiger partial charge in [0.1, 0.15) is 0 Å². The molecule has 2 aromatic rings. The Kier molecular flexibility index (Phi) is 3.91. The summed E-state index contributed by atoms with van der Waals surface area (Å²) in [6.45, 7) is 0. The van der Waals surface area contributed by atoms with Gasteiger partial charge in [-0.3, -0.25) is 14.9 Å². The lowest BCUT2D eigenvalue weighted by Gasteiger charge is -2.10. The van der Waals surface area contributed by atoms with Crippen molar-refractivity contribution >= 4 is 23.0 Å². The SMILES string of the molecule is O=C(O)C(Cc1cccc([N+](=O)[O-])c1)c1cccs1. The fraction of sp³-hybridized carbons (Fsp3) is 0.154. The number of carboxylic acid groups (broad SMARTS) is 1. The second kappa shape index (κ2) is 5.62. The van der Waals surface area contributed by atoms with E-state index in [4.69, 9.17) is 0 Å². The highest BCUT2D eigenvalue weighted by atomic mass is 32.1. The molecule has 6 heteroatoms. The van der Waals surface area contributed by atoms with Gasteiger partial charge in [-0.25, -0.2) is 0 Å². The normalized spacial score (nSPS) is 12.0. The average molecular weight is 277 g/mol. The number of nitrogens with zero attached hydrogens (tertiary/aromatic N) is 1. The smallest absolute Gasteiger partial charge is 0.312 e. The first-order chi connectivity index (χ1) is 9.08. The van der Waals surface area contributed by atoms with Gasteiger partial charge in [0.05, 0.1) is 10.8 Å². The first-order valence-corrected chi connectivity index (χ1v) is 6.45. The molecule has 19 heavy (non-hydrogen) atoms. The molecule has 0 spiro atoms. The van der Waals surface area contributed by atoms with Crippen molar-refractivity contribution in [2.45, 2.75) is 12.3 Å². The van der Waals surface area contributed by atoms with Gasteiger partial charge in [0.15, 0.2) is 0 Å². The Bertz CT molecular complexity index is 594. The summed E-state index contributed by atoms with van der Waals surface area (Å²) in [7, 11) is 0. The molecule has 0 aliphatic carbocycles. The summed E-state index contributed by atoms with van der Waals surface area (Å²) in [5.41, 5.74) is 0.628. The lowest BCUT2D eigenvalue weighted by molar-refractivity contribution is -0.384. The van der Waals surface area contributed by atoms with Gasteiger partial charge in [0.2, 0.25) is 0 Å². The molecule has 98 valence electrons. The number of nitro benzene ring substituents is 1. The van der Waals surface area contributed by atoms with Crippen LogP contribution in [0.5, 0.6) is 0 Å². The molecule has 0 bridgehead atoms. The molecule has 0 saturated heterocycles. The van der Waals surface area contributed by atoms with Crippen LogP contribution in [0.3, 0.4) is 0 Å². The topological polar surface area (TPSA) is 80.4 Å². The van der Waals surface area contributed by atoms with Crippen molar-refractivity contribution in [3.8, 4) is 0 Å². The fourth-order valence-electron chi connectivity index (χ4n) is 1.83. The number of carboxylic acids is 1. The molecule has 1 unspecified atom stereocenters. The van der Waals surface area contributed by atoms with Crippen LogP contribution in [0.25, 0.3) is 0 Å². The maximum atomic E-state index is 11.3. The van der Waals surface area contributed by atoms with E-state index < -0.39 is 16.8 Å². The van der Waals surface area contributed by atoms with E-state index in [-0.39, 0.29) is 12.1 Å². The number of nitro groups is 1. The maximum Gasteiger partial charge on any atom is 0.312 e. The summed E-state index contributed by atoms with van der Waals surface area (Å²) in [6.07, 6.45) is 0.248. The summed E-state index contributed by atoms with van der Waals surface area (Å²) in [5, 5.41) is 21.8. The van der Waals surface area contributed by atoms with E-state index >= 15 is 0 Å². The number of benzene rings is 1. The van der Waals surface area contributed by atoms with Gasteiger partial charge in [-0.2, -0.15) is 0 Å².